The summed E-state index contributed by atoms with van der Waals surface area (Å²) in [5.74, 6) is -0.604. The van der Waals surface area contributed by atoms with E-state index in [1.807, 2.05) is 6.07 Å². The zero-order valence-electron chi connectivity index (χ0n) is 12.8. The number of hydrogen-bond acceptors (Lipinski definition) is 5. The van der Waals surface area contributed by atoms with Crippen LogP contribution in [0.5, 0.6) is 17.2 Å². The molecule has 124 valence electrons. The van der Waals surface area contributed by atoms with Crippen LogP contribution in [-0.2, 0) is 12.8 Å². The second kappa shape index (κ2) is 7.85. The van der Waals surface area contributed by atoms with Gasteiger partial charge in [-0.15, -0.1) is 0 Å². The topological polar surface area (TPSA) is 101 Å². The summed E-state index contributed by atoms with van der Waals surface area (Å²) in [6.45, 7) is -0.198. The average Bonchev–Trinajstić information content (AvgIpc) is 2.54. The third-order valence-electron chi connectivity index (χ3n) is 4.08. The molecule has 5 nitrogen and oxygen atoms in total. The summed E-state index contributed by atoms with van der Waals surface area (Å²) >= 11 is 0. The van der Waals surface area contributed by atoms with Gasteiger partial charge in [-0.05, 0) is 60.1 Å². The Morgan fingerprint density at radius 1 is 0.696 bits per heavy atom. The first-order chi connectivity index (χ1) is 11.0. The highest BCUT2D eigenvalue weighted by atomic mass is 16.3. The van der Waals surface area contributed by atoms with Crippen molar-refractivity contribution >= 4 is 0 Å². The third-order valence-corrected chi connectivity index (χ3v) is 4.08. The lowest BCUT2D eigenvalue weighted by atomic mass is 9.83. The Balaban J connectivity index is 2.11. The quantitative estimate of drug-likeness (QED) is 0.501. The second-order valence-electron chi connectivity index (χ2n) is 5.79. The van der Waals surface area contributed by atoms with Crippen LogP contribution >= 0.6 is 0 Å². The molecule has 5 heteroatoms. The lowest BCUT2D eigenvalue weighted by molar-refractivity contribution is 0.119. The maximum absolute atomic E-state index is 9.67. The number of hydrogen-bond donors (Lipinski definition) is 5. The molecule has 0 aliphatic rings. The Hall–Kier alpha value is -2.24. The van der Waals surface area contributed by atoms with Gasteiger partial charge >= 0.3 is 0 Å². The van der Waals surface area contributed by atoms with E-state index in [2.05, 4.69) is 0 Å². The van der Waals surface area contributed by atoms with Gasteiger partial charge in [0.05, 0.1) is 0 Å². The minimum absolute atomic E-state index is 0.0923. The number of phenolic OH excluding ortho intramolecular Hbond substituents is 3. The van der Waals surface area contributed by atoms with Crippen molar-refractivity contribution in [3.05, 3.63) is 53.6 Å². The molecule has 0 spiro atoms. The Bertz CT molecular complexity index is 641. The van der Waals surface area contributed by atoms with Gasteiger partial charge in [-0.2, -0.15) is 0 Å². The molecular formula is C18H22O5. The summed E-state index contributed by atoms with van der Waals surface area (Å²) in [7, 11) is 0. The van der Waals surface area contributed by atoms with Crippen LogP contribution in [0.2, 0.25) is 0 Å². The molecule has 0 fully saturated rings. The monoisotopic (exact) mass is 318 g/mol. The van der Waals surface area contributed by atoms with Gasteiger partial charge in [0, 0.05) is 13.2 Å². The van der Waals surface area contributed by atoms with E-state index >= 15 is 0 Å². The highest BCUT2D eigenvalue weighted by Gasteiger charge is 2.21. The smallest absolute Gasteiger partial charge is 0.157 e. The first-order valence-corrected chi connectivity index (χ1v) is 7.54. The van der Waals surface area contributed by atoms with E-state index in [-0.39, 0.29) is 42.3 Å². The normalized spacial score (nSPS) is 13.7. The Kier molecular flexibility index (Phi) is 5.84. The number of aromatic hydroxyl groups is 3. The molecule has 2 aromatic rings. The molecule has 2 rings (SSSR count). The zero-order valence-corrected chi connectivity index (χ0v) is 12.8. The maximum Gasteiger partial charge on any atom is 0.157 e. The predicted molar refractivity (Wildman–Crippen MR) is 86.4 cm³/mol. The van der Waals surface area contributed by atoms with Gasteiger partial charge in [-0.25, -0.2) is 0 Å². The first kappa shape index (κ1) is 17.1. The molecule has 0 aliphatic carbocycles. The van der Waals surface area contributed by atoms with Crippen LogP contribution < -0.4 is 0 Å². The van der Waals surface area contributed by atoms with Crippen molar-refractivity contribution in [3.63, 3.8) is 0 Å². The van der Waals surface area contributed by atoms with Gasteiger partial charge in [0.2, 0.25) is 0 Å². The Morgan fingerprint density at radius 2 is 1.30 bits per heavy atom. The maximum atomic E-state index is 9.67. The van der Waals surface area contributed by atoms with Crippen LogP contribution in [0.4, 0.5) is 0 Å². The fourth-order valence-corrected chi connectivity index (χ4v) is 2.75. The van der Waals surface area contributed by atoms with Crippen molar-refractivity contribution in [2.45, 2.75) is 12.8 Å². The van der Waals surface area contributed by atoms with Crippen molar-refractivity contribution in [3.8, 4) is 17.2 Å². The van der Waals surface area contributed by atoms with Gasteiger partial charge in [0.25, 0.3) is 0 Å². The summed E-state index contributed by atoms with van der Waals surface area (Å²) in [4.78, 5) is 0. The first-order valence-electron chi connectivity index (χ1n) is 7.54. The number of aliphatic hydroxyl groups is 2. The molecule has 0 radical (unpaired) electrons. The van der Waals surface area contributed by atoms with Crippen molar-refractivity contribution in [2.75, 3.05) is 13.2 Å². The molecule has 5 N–H and O–H groups in total. The van der Waals surface area contributed by atoms with Gasteiger partial charge in [-0.1, -0.05) is 18.2 Å². The number of aliphatic hydroxyl groups excluding tert-OH is 2. The van der Waals surface area contributed by atoms with Crippen molar-refractivity contribution in [2.24, 2.45) is 11.8 Å². The molecule has 2 aromatic carbocycles. The second-order valence-corrected chi connectivity index (χ2v) is 5.79. The Morgan fingerprint density at radius 3 is 1.83 bits per heavy atom. The minimum atomic E-state index is -0.203. The molecule has 2 atom stereocenters. The predicted octanol–water partition coefficient (Wildman–Crippen LogP) is 1.81. The molecular weight excluding hydrogens is 296 g/mol. The van der Waals surface area contributed by atoms with Gasteiger partial charge in [0.1, 0.15) is 5.75 Å². The fraction of sp³-hybridized carbons (Fsp3) is 0.333. The SMILES string of the molecule is OCC(Cc1cccc(O)c1)C(CO)Cc1ccc(O)c(O)c1. The summed E-state index contributed by atoms with van der Waals surface area (Å²) in [5.41, 5.74) is 1.66. The summed E-state index contributed by atoms with van der Waals surface area (Å²) in [5, 5.41) is 47.8. The van der Waals surface area contributed by atoms with Gasteiger partial charge < -0.3 is 25.5 Å². The van der Waals surface area contributed by atoms with Crippen LogP contribution in [0.25, 0.3) is 0 Å². The van der Waals surface area contributed by atoms with Crippen LogP contribution in [0.3, 0.4) is 0 Å². The third kappa shape index (κ3) is 4.61. The number of rotatable bonds is 7. The molecule has 0 saturated heterocycles. The molecule has 0 aromatic heterocycles. The number of benzene rings is 2. The van der Waals surface area contributed by atoms with Crippen molar-refractivity contribution < 1.29 is 25.5 Å². The molecule has 0 saturated carbocycles. The van der Waals surface area contributed by atoms with E-state index in [9.17, 15) is 25.5 Å². The van der Waals surface area contributed by atoms with Crippen LogP contribution in [0.15, 0.2) is 42.5 Å². The molecule has 0 bridgehead atoms. The summed E-state index contributed by atoms with van der Waals surface area (Å²) < 4.78 is 0. The van der Waals surface area contributed by atoms with Crippen molar-refractivity contribution in [1.82, 2.24) is 0 Å². The average molecular weight is 318 g/mol. The van der Waals surface area contributed by atoms with Crippen LogP contribution in [0.1, 0.15) is 11.1 Å². The van der Waals surface area contributed by atoms with Crippen LogP contribution in [0, 0.1) is 11.8 Å². The van der Waals surface area contributed by atoms with E-state index in [1.54, 1.807) is 24.3 Å². The number of phenols is 3. The lowest BCUT2D eigenvalue weighted by Crippen LogP contribution is -2.26. The molecule has 23 heavy (non-hydrogen) atoms. The van der Waals surface area contributed by atoms with Gasteiger partial charge in [0.15, 0.2) is 11.5 Å². The standard InChI is InChI=1S/C18H22O5/c19-10-14(6-12-2-1-3-16(21)8-12)15(11-20)7-13-4-5-17(22)18(23)9-13/h1-5,8-9,14-15,19-23H,6-7,10-11H2. The highest BCUT2D eigenvalue weighted by molar-refractivity contribution is 5.40. The molecule has 0 amide bonds. The van der Waals surface area contributed by atoms with E-state index in [0.717, 1.165) is 11.1 Å². The zero-order chi connectivity index (χ0) is 16.8. The van der Waals surface area contributed by atoms with E-state index < -0.39 is 0 Å². The van der Waals surface area contributed by atoms with E-state index in [4.69, 9.17) is 0 Å². The lowest BCUT2D eigenvalue weighted by Gasteiger charge is -2.24. The van der Waals surface area contributed by atoms with Crippen LogP contribution in [-0.4, -0.2) is 38.7 Å². The minimum Gasteiger partial charge on any atom is -0.508 e. The highest BCUT2D eigenvalue weighted by Crippen LogP contribution is 2.28. The van der Waals surface area contributed by atoms with Gasteiger partial charge in [-0.3, -0.25) is 0 Å². The largest absolute Gasteiger partial charge is 0.508 e. The summed E-state index contributed by atoms with van der Waals surface area (Å²) in [6.07, 6.45) is 0.995. The fourth-order valence-electron chi connectivity index (χ4n) is 2.75. The summed E-state index contributed by atoms with van der Waals surface area (Å²) in [6, 6.07) is 11.4. The van der Waals surface area contributed by atoms with E-state index in [1.165, 1.54) is 12.1 Å². The molecule has 0 aliphatic heterocycles. The van der Waals surface area contributed by atoms with E-state index in [0.29, 0.717) is 12.8 Å². The van der Waals surface area contributed by atoms with Crippen molar-refractivity contribution in [1.29, 1.82) is 0 Å². The molecule has 2 unspecified atom stereocenters. The Labute approximate surface area is 135 Å². The molecule has 0 heterocycles.